The van der Waals surface area contributed by atoms with Crippen LogP contribution in [0.15, 0.2) is 116 Å². The van der Waals surface area contributed by atoms with E-state index in [9.17, 15) is 4.39 Å². The molecule has 1 saturated heterocycles. The Morgan fingerprint density at radius 3 is 2.32 bits per heavy atom. The highest BCUT2D eigenvalue weighted by Gasteiger charge is 2.42. The normalized spacial score (nSPS) is 16.9. The van der Waals surface area contributed by atoms with Crippen molar-refractivity contribution in [1.29, 1.82) is 0 Å². The van der Waals surface area contributed by atoms with Crippen molar-refractivity contribution in [3.8, 4) is 17.2 Å². The van der Waals surface area contributed by atoms with E-state index in [4.69, 9.17) is 17.0 Å². The molecular weight excluding hydrogens is 495 g/mol. The summed E-state index contributed by atoms with van der Waals surface area (Å²) in [5.74, 6) is 1.30. The molecule has 0 saturated carbocycles. The van der Waals surface area contributed by atoms with Crippen LogP contribution in [0.4, 0.5) is 10.1 Å². The maximum atomic E-state index is 13.7. The fourth-order valence-corrected chi connectivity index (χ4v) is 5.22. The van der Waals surface area contributed by atoms with Crippen molar-refractivity contribution in [1.82, 2.24) is 14.9 Å². The Morgan fingerprint density at radius 2 is 1.58 bits per heavy atom. The second-order valence-corrected chi connectivity index (χ2v) is 9.52. The summed E-state index contributed by atoms with van der Waals surface area (Å²) in [4.78, 5) is 6.75. The number of ether oxygens (including phenoxy) is 1. The summed E-state index contributed by atoms with van der Waals surface area (Å²) in [7, 11) is 0. The Bertz CT molecular complexity index is 1570. The minimum Gasteiger partial charge on any atom is -0.457 e. The number of benzene rings is 3. The SMILES string of the molecule is Cc1ccccc1Oc1ccc(N2C(=S)NC(c3ccccn3)C2c2cccn2-c2ccc(F)cc2)cc1. The zero-order valence-corrected chi connectivity index (χ0v) is 21.5. The Morgan fingerprint density at radius 1 is 0.842 bits per heavy atom. The number of rotatable bonds is 6. The number of pyridine rings is 1. The number of anilines is 1. The number of thiocarbonyl (C=S) groups is 1. The molecule has 0 amide bonds. The van der Waals surface area contributed by atoms with Crippen LogP contribution in [0.3, 0.4) is 0 Å². The number of nitrogens with zero attached hydrogens (tertiary/aromatic N) is 3. The second-order valence-electron chi connectivity index (χ2n) is 9.14. The summed E-state index contributed by atoms with van der Waals surface area (Å²) in [6, 6.07) is 31.9. The van der Waals surface area contributed by atoms with E-state index < -0.39 is 0 Å². The Kier molecular flexibility index (Phi) is 6.35. The minimum atomic E-state index is -0.271. The van der Waals surface area contributed by atoms with Gasteiger partial charge in [0, 0.05) is 29.5 Å². The van der Waals surface area contributed by atoms with Gasteiger partial charge >= 0.3 is 0 Å². The molecular formula is C31H25FN4OS. The van der Waals surface area contributed by atoms with Gasteiger partial charge in [0.05, 0.1) is 11.7 Å². The van der Waals surface area contributed by atoms with Gasteiger partial charge in [0.2, 0.25) is 0 Å². The number of nitrogens with one attached hydrogen (secondary N) is 1. The first-order chi connectivity index (χ1) is 18.6. The molecule has 1 aliphatic heterocycles. The van der Waals surface area contributed by atoms with Crippen molar-refractivity contribution in [2.24, 2.45) is 0 Å². The van der Waals surface area contributed by atoms with Gasteiger partial charge < -0.3 is 19.5 Å². The van der Waals surface area contributed by atoms with Gasteiger partial charge in [0.15, 0.2) is 5.11 Å². The van der Waals surface area contributed by atoms with Gasteiger partial charge in [-0.2, -0.15) is 0 Å². The molecule has 0 spiro atoms. The van der Waals surface area contributed by atoms with Gasteiger partial charge in [-0.1, -0.05) is 24.3 Å². The lowest BCUT2D eigenvalue weighted by atomic mass is 10.0. The Labute approximate surface area is 226 Å². The van der Waals surface area contributed by atoms with Crippen LogP contribution in [0.5, 0.6) is 11.5 Å². The fourth-order valence-electron chi connectivity index (χ4n) is 4.88. The number of para-hydroxylation sites is 1. The quantitative estimate of drug-likeness (QED) is 0.238. The highest BCUT2D eigenvalue weighted by atomic mass is 32.1. The van der Waals surface area contributed by atoms with Gasteiger partial charge in [0.25, 0.3) is 0 Å². The molecule has 2 atom stereocenters. The predicted molar refractivity (Wildman–Crippen MR) is 151 cm³/mol. The molecule has 38 heavy (non-hydrogen) atoms. The summed E-state index contributed by atoms with van der Waals surface area (Å²) in [5.41, 5.74) is 4.75. The number of hydrogen-bond donors (Lipinski definition) is 1. The molecule has 0 bridgehead atoms. The summed E-state index contributed by atoms with van der Waals surface area (Å²) >= 11 is 5.88. The third-order valence-corrected chi connectivity index (χ3v) is 7.04. The number of aromatic nitrogens is 2. The van der Waals surface area contributed by atoms with E-state index in [-0.39, 0.29) is 17.9 Å². The summed E-state index contributed by atoms with van der Waals surface area (Å²) in [6.07, 6.45) is 3.77. The third kappa shape index (κ3) is 4.53. The van der Waals surface area contributed by atoms with Crippen molar-refractivity contribution >= 4 is 23.0 Å². The smallest absolute Gasteiger partial charge is 0.174 e. The summed E-state index contributed by atoms with van der Waals surface area (Å²) < 4.78 is 21.9. The lowest BCUT2D eigenvalue weighted by Crippen LogP contribution is -2.30. The molecule has 1 aliphatic rings. The molecule has 5 aromatic rings. The fraction of sp³-hybridized carbons (Fsp3) is 0.0968. The zero-order chi connectivity index (χ0) is 26.1. The predicted octanol–water partition coefficient (Wildman–Crippen LogP) is 7.29. The molecule has 1 fully saturated rings. The van der Waals surface area contributed by atoms with E-state index in [1.165, 1.54) is 12.1 Å². The molecule has 2 aromatic heterocycles. The molecule has 1 N–H and O–H groups in total. The molecule has 3 aromatic carbocycles. The van der Waals surface area contributed by atoms with Gasteiger partial charge in [-0.3, -0.25) is 4.98 Å². The molecule has 7 heteroatoms. The van der Waals surface area contributed by atoms with E-state index in [0.717, 1.165) is 39.8 Å². The van der Waals surface area contributed by atoms with Crippen LogP contribution in [0.2, 0.25) is 0 Å². The molecule has 3 heterocycles. The highest BCUT2D eigenvalue weighted by molar-refractivity contribution is 7.80. The van der Waals surface area contributed by atoms with Crippen LogP contribution in [0.1, 0.15) is 29.0 Å². The molecule has 0 radical (unpaired) electrons. The van der Waals surface area contributed by atoms with Gasteiger partial charge in [-0.25, -0.2) is 4.39 Å². The van der Waals surface area contributed by atoms with Crippen molar-refractivity contribution in [3.05, 3.63) is 138 Å². The van der Waals surface area contributed by atoms with Crippen molar-refractivity contribution < 1.29 is 9.13 Å². The lowest BCUT2D eigenvalue weighted by Gasteiger charge is -2.29. The molecule has 5 nitrogen and oxygen atoms in total. The Hall–Kier alpha value is -4.49. The second kappa shape index (κ2) is 10.1. The van der Waals surface area contributed by atoms with E-state index in [0.29, 0.717) is 5.11 Å². The van der Waals surface area contributed by atoms with Crippen molar-refractivity contribution in [2.75, 3.05) is 4.90 Å². The monoisotopic (exact) mass is 520 g/mol. The minimum absolute atomic E-state index is 0.194. The topological polar surface area (TPSA) is 42.3 Å². The molecule has 2 unspecified atom stereocenters. The van der Waals surface area contributed by atoms with Crippen LogP contribution in [0.25, 0.3) is 5.69 Å². The van der Waals surface area contributed by atoms with E-state index >= 15 is 0 Å². The summed E-state index contributed by atoms with van der Waals surface area (Å²) in [5, 5.41) is 4.10. The largest absolute Gasteiger partial charge is 0.457 e. The van der Waals surface area contributed by atoms with Crippen LogP contribution in [-0.2, 0) is 0 Å². The van der Waals surface area contributed by atoms with Gasteiger partial charge in [-0.05, 0) is 104 Å². The van der Waals surface area contributed by atoms with Crippen LogP contribution in [-0.4, -0.2) is 14.7 Å². The van der Waals surface area contributed by atoms with E-state index in [1.807, 2.05) is 85.9 Å². The third-order valence-electron chi connectivity index (χ3n) is 6.72. The molecule has 6 rings (SSSR count). The lowest BCUT2D eigenvalue weighted by molar-refractivity contribution is 0.479. The van der Waals surface area contributed by atoms with Crippen LogP contribution >= 0.6 is 12.2 Å². The standard InChI is InChI=1S/C31H25FN4OS/c1-21-7-2-3-10-28(21)37-25-17-15-24(16-18-25)36-30(29(34-31(36)38)26-8-4-5-19-33-26)27-9-6-20-35(27)23-13-11-22(32)12-14-23/h2-20,29-30H,1H3,(H,34,38). The molecule has 188 valence electrons. The average molecular weight is 521 g/mol. The Balaban J connectivity index is 1.40. The highest BCUT2D eigenvalue weighted by Crippen LogP contribution is 2.42. The maximum absolute atomic E-state index is 13.7. The first-order valence-electron chi connectivity index (χ1n) is 12.4. The van der Waals surface area contributed by atoms with Crippen molar-refractivity contribution in [2.45, 2.75) is 19.0 Å². The number of hydrogen-bond acceptors (Lipinski definition) is 3. The van der Waals surface area contributed by atoms with Gasteiger partial charge in [0.1, 0.15) is 23.4 Å². The van der Waals surface area contributed by atoms with E-state index in [2.05, 4.69) is 25.8 Å². The van der Waals surface area contributed by atoms with Crippen LogP contribution in [0, 0.1) is 12.7 Å². The number of aryl methyl sites for hydroxylation is 1. The number of halogens is 1. The maximum Gasteiger partial charge on any atom is 0.174 e. The first kappa shape index (κ1) is 23.9. The summed E-state index contributed by atoms with van der Waals surface area (Å²) in [6.45, 7) is 2.02. The first-order valence-corrected chi connectivity index (χ1v) is 12.8. The van der Waals surface area contributed by atoms with Crippen molar-refractivity contribution in [3.63, 3.8) is 0 Å². The zero-order valence-electron chi connectivity index (χ0n) is 20.7. The molecule has 0 aliphatic carbocycles. The average Bonchev–Trinajstić information content (AvgIpc) is 3.56. The van der Waals surface area contributed by atoms with E-state index in [1.54, 1.807) is 18.3 Å². The van der Waals surface area contributed by atoms with Crippen LogP contribution < -0.4 is 15.0 Å². The van der Waals surface area contributed by atoms with Gasteiger partial charge in [-0.15, -0.1) is 0 Å².